The highest BCUT2D eigenvalue weighted by Crippen LogP contribution is 2.16. The number of rotatable bonds is 5. The fraction of sp³-hybridized carbons (Fsp3) is 0.250. The third-order valence-corrected chi connectivity index (χ3v) is 2.86. The lowest BCUT2D eigenvalue weighted by Gasteiger charge is -2.05. The first kappa shape index (κ1) is 13.5. The van der Waals surface area contributed by atoms with Crippen molar-refractivity contribution in [3.63, 3.8) is 0 Å². The molecule has 6 nitrogen and oxygen atoms in total. The molecule has 1 N–H and O–H groups in total. The summed E-state index contributed by atoms with van der Waals surface area (Å²) in [7, 11) is 0. The van der Waals surface area contributed by atoms with E-state index in [0.717, 1.165) is 4.47 Å². The molecule has 19 heavy (non-hydrogen) atoms. The number of anilines is 1. The van der Waals surface area contributed by atoms with Gasteiger partial charge in [0.25, 0.3) is 5.91 Å². The molecule has 7 heteroatoms. The van der Waals surface area contributed by atoms with Gasteiger partial charge in [-0.2, -0.15) is 0 Å². The predicted octanol–water partition coefficient (Wildman–Crippen LogP) is 2.41. The largest absolute Gasteiger partial charge is 0.484 e. The van der Waals surface area contributed by atoms with Gasteiger partial charge in [0.15, 0.2) is 6.61 Å². The summed E-state index contributed by atoms with van der Waals surface area (Å²) >= 11 is 3.32. The van der Waals surface area contributed by atoms with Gasteiger partial charge in [-0.25, -0.2) is 4.63 Å². The molecule has 0 aliphatic rings. The van der Waals surface area contributed by atoms with E-state index in [1.807, 2.05) is 19.1 Å². The fourth-order valence-electron chi connectivity index (χ4n) is 1.38. The van der Waals surface area contributed by atoms with Crippen molar-refractivity contribution in [3.8, 4) is 5.75 Å². The van der Waals surface area contributed by atoms with E-state index in [4.69, 9.17) is 4.74 Å². The SMILES string of the molecule is CCc1nonc1NC(=O)COc1ccc(Br)cc1. The number of aryl methyl sites for hydroxylation is 1. The minimum Gasteiger partial charge on any atom is -0.484 e. The maximum absolute atomic E-state index is 11.7. The number of hydrogen-bond acceptors (Lipinski definition) is 5. The molecule has 2 aromatic rings. The molecule has 100 valence electrons. The molecule has 0 aliphatic carbocycles. The number of nitrogens with zero attached hydrogens (tertiary/aromatic N) is 2. The molecule has 0 saturated carbocycles. The topological polar surface area (TPSA) is 77.3 Å². The van der Waals surface area contributed by atoms with Gasteiger partial charge in [0.05, 0.1) is 0 Å². The summed E-state index contributed by atoms with van der Waals surface area (Å²) in [6.07, 6.45) is 0.632. The average Bonchev–Trinajstić information content (AvgIpc) is 2.85. The zero-order valence-electron chi connectivity index (χ0n) is 10.2. The molecule has 0 aliphatic heterocycles. The summed E-state index contributed by atoms with van der Waals surface area (Å²) in [5, 5.41) is 9.87. The third-order valence-electron chi connectivity index (χ3n) is 2.33. The van der Waals surface area contributed by atoms with Gasteiger partial charge in [0.1, 0.15) is 11.4 Å². The Morgan fingerprint density at radius 1 is 1.37 bits per heavy atom. The van der Waals surface area contributed by atoms with Gasteiger partial charge in [-0.1, -0.05) is 28.0 Å². The van der Waals surface area contributed by atoms with E-state index >= 15 is 0 Å². The van der Waals surface area contributed by atoms with E-state index < -0.39 is 0 Å². The lowest BCUT2D eigenvalue weighted by molar-refractivity contribution is -0.118. The van der Waals surface area contributed by atoms with E-state index in [2.05, 4.69) is 36.2 Å². The fourth-order valence-corrected chi connectivity index (χ4v) is 1.65. The van der Waals surface area contributed by atoms with Crippen LogP contribution < -0.4 is 10.1 Å². The highest BCUT2D eigenvalue weighted by molar-refractivity contribution is 9.10. The van der Waals surface area contributed by atoms with Crippen LogP contribution in [0.5, 0.6) is 5.75 Å². The Balaban J connectivity index is 1.86. The van der Waals surface area contributed by atoms with E-state index in [1.165, 1.54) is 0 Å². The number of benzene rings is 1. The molecule has 1 aromatic carbocycles. The second kappa shape index (κ2) is 6.33. The van der Waals surface area contributed by atoms with Crippen LogP contribution in [0.2, 0.25) is 0 Å². The van der Waals surface area contributed by atoms with E-state index in [0.29, 0.717) is 23.7 Å². The maximum atomic E-state index is 11.7. The van der Waals surface area contributed by atoms with Gasteiger partial charge in [0, 0.05) is 4.47 Å². The van der Waals surface area contributed by atoms with Crippen molar-refractivity contribution < 1.29 is 14.2 Å². The van der Waals surface area contributed by atoms with Crippen molar-refractivity contribution in [3.05, 3.63) is 34.4 Å². The quantitative estimate of drug-likeness (QED) is 0.913. The molecular formula is C12H12BrN3O3. The van der Waals surface area contributed by atoms with Gasteiger partial charge in [0.2, 0.25) is 5.82 Å². The van der Waals surface area contributed by atoms with Crippen LogP contribution in [0.25, 0.3) is 0 Å². The Morgan fingerprint density at radius 3 is 2.79 bits per heavy atom. The monoisotopic (exact) mass is 325 g/mol. The number of nitrogens with one attached hydrogen (secondary N) is 1. The Morgan fingerprint density at radius 2 is 2.11 bits per heavy atom. The molecule has 0 bridgehead atoms. The molecule has 1 aromatic heterocycles. The molecule has 0 saturated heterocycles. The van der Waals surface area contributed by atoms with Crippen molar-refractivity contribution in [2.24, 2.45) is 0 Å². The minimum absolute atomic E-state index is 0.0996. The molecule has 0 unspecified atom stereocenters. The van der Waals surface area contributed by atoms with Gasteiger partial charge < -0.3 is 10.1 Å². The number of carbonyl (C=O) groups is 1. The smallest absolute Gasteiger partial charge is 0.263 e. The summed E-state index contributed by atoms with van der Waals surface area (Å²) in [6, 6.07) is 7.22. The summed E-state index contributed by atoms with van der Waals surface area (Å²) in [5.74, 6) is 0.646. The Labute approximate surface area is 118 Å². The summed E-state index contributed by atoms with van der Waals surface area (Å²) in [6.45, 7) is 1.80. The Bertz CT molecular complexity index is 554. The van der Waals surface area contributed by atoms with Crippen LogP contribution in [0.15, 0.2) is 33.4 Å². The van der Waals surface area contributed by atoms with Crippen molar-refractivity contribution in [1.82, 2.24) is 10.3 Å². The number of aromatic nitrogens is 2. The lowest BCUT2D eigenvalue weighted by Crippen LogP contribution is -2.21. The summed E-state index contributed by atoms with van der Waals surface area (Å²) in [4.78, 5) is 11.7. The van der Waals surface area contributed by atoms with Crippen molar-refractivity contribution in [2.75, 3.05) is 11.9 Å². The van der Waals surface area contributed by atoms with E-state index in [9.17, 15) is 4.79 Å². The minimum atomic E-state index is -0.312. The van der Waals surface area contributed by atoms with Crippen LogP contribution in [0.3, 0.4) is 0 Å². The molecule has 0 spiro atoms. The molecule has 2 rings (SSSR count). The number of ether oxygens (including phenoxy) is 1. The number of carbonyl (C=O) groups excluding carboxylic acids is 1. The van der Waals surface area contributed by atoms with Crippen LogP contribution in [0.4, 0.5) is 5.82 Å². The van der Waals surface area contributed by atoms with E-state index in [1.54, 1.807) is 12.1 Å². The molecule has 1 heterocycles. The van der Waals surface area contributed by atoms with Crippen LogP contribution in [-0.2, 0) is 11.2 Å². The second-order valence-electron chi connectivity index (χ2n) is 3.70. The Hall–Kier alpha value is -1.89. The number of hydrogen-bond donors (Lipinski definition) is 1. The first-order valence-corrected chi connectivity index (χ1v) is 6.48. The van der Waals surface area contributed by atoms with Crippen molar-refractivity contribution in [2.45, 2.75) is 13.3 Å². The van der Waals surface area contributed by atoms with Gasteiger partial charge >= 0.3 is 0 Å². The van der Waals surface area contributed by atoms with Gasteiger partial charge in [-0.05, 0) is 35.8 Å². The standard InChI is InChI=1S/C12H12BrN3O3/c1-2-10-12(16-19-15-10)14-11(17)7-18-9-5-3-8(13)4-6-9/h3-6H,2,7H2,1H3,(H,14,16,17). The second-order valence-corrected chi connectivity index (χ2v) is 4.62. The highest BCUT2D eigenvalue weighted by Gasteiger charge is 2.11. The number of amides is 1. The van der Waals surface area contributed by atoms with Crippen molar-refractivity contribution >= 4 is 27.7 Å². The van der Waals surface area contributed by atoms with Crippen LogP contribution in [0.1, 0.15) is 12.6 Å². The Kier molecular flexibility index (Phi) is 4.51. The highest BCUT2D eigenvalue weighted by atomic mass is 79.9. The summed E-state index contributed by atoms with van der Waals surface area (Å²) < 4.78 is 10.8. The first-order chi connectivity index (χ1) is 9.19. The molecule has 0 radical (unpaired) electrons. The van der Waals surface area contributed by atoms with E-state index in [-0.39, 0.29) is 12.5 Å². The molecular weight excluding hydrogens is 314 g/mol. The summed E-state index contributed by atoms with van der Waals surface area (Å²) in [5.41, 5.74) is 0.608. The van der Waals surface area contributed by atoms with Crippen LogP contribution in [-0.4, -0.2) is 22.8 Å². The third kappa shape index (κ3) is 3.78. The lowest BCUT2D eigenvalue weighted by atomic mass is 10.3. The molecule has 0 atom stereocenters. The molecule has 1 amide bonds. The molecule has 0 fully saturated rings. The van der Waals surface area contributed by atoms with Crippen molar-refractivity contribution in [1.29, 1.82) is 0 Å². The number of halogens is 1. The van der Waals surface area contributed by atoms with Gasteiger partial charge in [-0.15, -0.1) is 0 Å². The van der Waals surface area contributed by atoms with Crippen LogP contribution in [0, 0.1) is 0 Å². The first-order valence-electron chi connectivity index (χ1n) is 5.68. The normalized spacial score (nSPS) is 10.2. The van der Waals surface area contributed by atoms with Crippen LogP contribution >= 0.6 is 15.9 Å². The zero-order valence-corrected chi connectivity index (χ0v) is 11.8. The zero-order chi connectivity index (χ0) is 13.7. The maximum Gasteiger partial charge on any atom is 0.263 e. The predicted molar refractivity (Wildman–Crippen MR) is 71.9 cm³/mol. The average molecular weight is 326 g/mol. The van der Waals surface area contributed by atoms with Gasteiger partial charge in [-0.3, -0.25) is 4.79 Å².